The number of hydrogen-bond acceptors (Lipinski definition) is 23. The minimum atomic E-state index is -4.21. The zero-order valence-corrected chi connectivity index (χ0v) is 41.4. The van der Waals surface area contributed by atoms with Gasteiger partial charge in [0.25, 0.3) is 11.5 Å². The fraction of sp³-hybridized carbons (Fsp3) is 0.444. The Morgan fingerprint density at radius 2 is 1.56 bits per heavy atom. The average molecular weight is 1070 g/mol. The van der Waals surface area contributed by atoms with Crippen LogP contribution in [0.5, 0.6) is 5.75 Å². The maximum atomic E-state index is 14.0. The number of likely N-dealkylation sites (N-methyl/N-ethyl adjacent to an activating group) is 1. The number of esters is 2. The SMILES string of the molecule is CNCCOCCOCCOCCNC(=O)CCC(NC(=O)c1ccc(N(Cc2cnc3nc(N)[nH]c(=O)c3n2)C(=O)OCc2ccc(OP3(=O)OCCCO3)c(C(=O)OCOC(=O)CCC(=O)O)c2)cc1)C(=O)O. The van der Waals surface area contributed by atoms with Crippen LogP contribution in [-0.4, -0.2) is 158 Å². The van der Waals surface area contributed by atoms with Crippen LogP contribution in [0, 0.1) is 0 Å². The van der Waals surface area contributed by atoms with Gasteiger partial charge in [-0.25, -0.2) is 28.9 Å². The molecule has 1 unspecified atom stereocenters. The summed E-state index contributed by atoms with van der Waals surface area (Å²) in [6.45, 7) is 1.28. The molecule has 1 aliphatic rings. The molecule has 30 heteroatoms. The first-order valence-corrected chi connectivity index (χ1v) is 24.5. The van der Waals surface area contributed by atoms with E-state index in [0.29, 0.717) is 39.5 Å². The summed E-state index contributed by atoms with van der Waals surface area (Å²) in [7, 11) is -2.38. The van der Waals surface area contributed by atoms with Gasteiger partial charge >= 0.3 is 37.8 Å². The molecule has 3 amide bonds. The number of phosphoric ester groups is 1. The van der Waals surface area contributed by atoms with Crippen molar-refractivity contribution in [2.45, 2.75) is 51.3 Å². The number of rotatable bonds is 31. The number of nitrogen functional groups attached to an aromatic ring is 1. The van der Waals surface area contributed by atoms with Crippen LogP contribution in [0.3, 0.4) is 0 Å². The number of H-pyrrole nitrogens is 1. The maximum absolute atomic E-state index is 14.0. The molecule has 5 rings (SSSR count). The van der Waals surface area contributed by atoms with Gasteiger partial charge in [-0.2, -0.15) is 4.98 Å². The molecule has 2 aromatic carbocycles. The van der Waals surface area contributed by atoms with E-state index in [0.717, 1.165) is 17.5 Å². The van der Waals surface area contributed by atoms with Crippen molar-refractivity contribution in [2.24, 2.45) is 0 Å². The van der Waals surface area contributed by atoms with Gasteiger partial charge in [-0.1, -0.05) is 6.07 Å². The number of anilines is 2. The van der Waals surface area contributed by atoms with Crippen LogP contribution in [0.1, 0.15) is 64.1 Å². The molecule has 0 saturated carbocycles. The average Bonchev–Trinajstić information content (AvgIpc) is 3.38. The standard InChI is InChI=1S/C45H56N9O20P/c1-47-13-17-66-19-21-68-22-20-67-18-14-48-35(55)10-8-33(42(61)62)51-40(59)29-4-6-31(7-5-29)54(25-30-24-49-39-38(50-30)41(60)53-44(46)52-39)45(64)69-26-28-3-9-34(74-75(65)72-15-2-16-73-75)32(23-28)43(63)71-27-70-37(58)12-11-36(56)57/h3-7,9,23-24,33,47H,2,8,10-22,25-27H2,1H3,(H,48,55)(H,51,59)(H,56,57)(H,61,62)(H3,46,49,52,53,60). The first-order valence-electron chi connectivity index (χ1n) is 23.0. The first kappa shape index (κ1) is 58.2. The summed E-state index contributed by atoms with van der Waals surface area (Å²) in [4.78, 5) is 116. The summed E-state index contributed by atoms with van der Waals surface area (Å²) < 4.78 is 60.6. The summed E-state index contributed by atoms with van der Waals surface area (Å²) in [6.07, 6.45) is -0.932. The lowest BCUT2D eigenvalue weighted by Crippen LogP contribution is -2.41. The Morgan fingerprint density at radius 3 is 2.24 bits per heavy atom. The smallest absolute Gasteiger partial charge is 0.481 e. The zero-order chi connectivity index (χ0) is 54.2. The number of aromatic amines is 1. The summed E-state index contributed by atoms with van der Waals surface area (Å²) in [5.74, 6) is -6.65. The number of nitrogens with two attached hydrogens (primary N) is 1. The minimum absolute atomic E-state index is 0.0223. The van der Waals surface area contributed by atoms with E-state index >= 15 is 0 Å². The van der Waals surface area contributed by atoms with Crippen molar-refractivity contribution in [3.8, 4) is 5.75 Å². The Morgan fingerprint density at radius 1 is 0.867 bits per heavy atom. The van der Waals surface area contributed by atoms with E-state index in [1.54, 1.807) is 0 Å². The predicted octanol–water partition coefficient (Wildman–Crippen LogP) is 1.43. The Bertz CT molecular complexity index is 2720. The fourth-order valence-corrected chi connectivity index (χ4v) is 7.65. The second-order valence-corrected chi connectivity index (χ2v) is 17.3. The Labute approximate surface area is 426 Å². The molecule has 1 fully saturated rings. The number of hydrogen-bond donors (Lipinski definition) is 7. The summed E-state index contributed by atoms with van der Waals surface area (Å²) in [5, 5.41) is 26.7. The highest BCUT2D eigenvalue weighted by Crippen LogP contribution is 2.52. The number of carboxylic acid groups (broad SMARTS) is 2. The van der Waals surface area contributed by atoms with Crippen molar-refractivity contribution in [1.29, 1.82) is 0 Å². The molecule has 29 nitrogen and oxygen atoms in total. The third kappa shape index (κ3) is 19.6. The molecule has 406 valence electrons. The zero-order valence-electron chi connectivity index (χ0n) is 40.5. The molecule has 0 radical (unpaired) electrons. The monoisotopic (exact) mass is 1070 g/mol. The van der Waals surface area contributed by atoms with Crippen LogP contribution in [0.2, 0.25) is 0 Å². The number of aromatic nitrogens is 4. The molecular formula is C45H56N9O20P. The van der Waals surface area contributed by atoms with Crippen LogP contribution in [0.25, 0.3) is 11.2 Å². The second kappa shape index (κ2) is 29.9. The highest BCUT2D eigenvalue weighted by molar-refractivity contribution is 7.49. The van der Waals surface area contributed by atoms with Crippen molar-refractivity contribution in [1.82, 2.24) is 35.9 Å². The van der Waals surface area contributed by atoms with Crippen LogP contribution in [0.15, 0.2) is 53.5 Å². The Kier molecular flexibility index (Phi) is 23.2. The van der Waals surface area contributed by atoms with Gasteiger partial charge in [-0.15, -0.1) is 0 Å². The lowest BCUT2D eigenvalue weighted by Gasteiger charge is -2.24. The summed E-state index contributed by atoms with van der Waals surface area (Å²) in [6, 6.07) is 7.48. The maximum Gasteiger partial charge on any atom is 0.530 e. The van der Waals surface area contributed by atoms with E-state index in [-0.39, 0.29) is 84.6 Å². The van der Waals surface area contributed by atoms with Gasteiger partial charge in [0.1, 0.15) is 24.0 Å². The number of carbonyl (C=O) groups is 7. The number of carboxylic acids is 2. The van der Waals surface area contributed by atoms with Gasteiger partial charge in [0.2, 0.25) is 18.6 Å². The summed E-state index contributed by atoms with van der Waals surface area (Å²) in [5.41, 5.74) is 4.47. The van der Waals surface area contributed by atoms with Crippen LogP contribution in [0.4, 0.5) is 16.4 Å². The molecule has 1 atom stereocenters. The predicted molar refractivity (Wildman–Crippen MR) is 257 cm³/mol. The molecule has 8 N–H and O–H groups in total. The fourth-order valence-electron chi connectivity index (χ4n) is 6.36. The minimum Gasteiger partial charge on any atom is -0.481 e. The highest BCUT2D eigenvalue weighted by Gasteiger charge is 2.34. The van der Waals surface area contributed by atoms with Crippen molar-refractivity contribution in [3.05, 3.63) is 81.4 Å². The van der Waals surface area contributed by atoms with Gasteiger partial charge in [0, 0.05) is 30.8 Å². The number of fused-ring (bicyclic) bond motifs is 1. The molecule has 1 aliphatic heterocycles. The number of benzene rings is 2. The van der Waals surface area contributed by atoms with E-state index in [2.05, 4.69) is 35.9 Å². The highest BCUT2D eigenvalue weighted by atomic mass is 31.2. The molecule has 2 aromatic heterocycles. The van der Waals surface area contributed by atoms with Gasteiger partial charge in [0.15, 0.2) is 11.2 Å². The molecule has 0 aliphatic carbocycles. The van der Waals surface area contributed by atoms with Gasteiger partial charge in [-0.05, 0) is 61.9 Å². The second-order valence-electron chi connectivity index (χ2n) is 15.7. The number of phosphoric acid groups is 1. The van der Waals surface area contributed by atoms with Crippen molar-refractivity contribution < 1.29 is 90.3 Å². The van der Waals surface area contributed by atoms with E-state index in [1.165, 1.54) is 42.6 Å². The quantitative estimate of drug-likeness (QED) is 0.0162. The van der Waals surface area contributed by atoms with Crippen LogP contribution >= 0.6 is 7.82 Å². The molecule has 4 aromatic rings. The Balaban J connectivity index is 1.25. The molecule has 3 heterocycles. The third-order valence-corrected chi connectivity index (χ3v) is 11.5. The van der Waals surface area contributed by atoms with Crippen LogP contribution in [-0.2, 0) is 74.4 Å². The topological polar surface area (TPSA) is 397 Å². The van der Waals surface area contributed by atoms with E-state index in [9.17, 15) is 48.0 Å². The van der Waals surface area contributed by atoms with Crippen molar-refractivity contribution in [2.75, 3.05) is 90.4 Å². The number of amides is 3. The van der Waals surface area contributed by atoms with E-state index in [4.69, 9.17) is 52.8 Å². The molecule has 0 spiro atoms. The largest absolute Gasteiger partial charge is 0.530 e. The van der Waals surface area contributed by atoms with E-state index < -0.39 is 99.6 Å². The lowest BCUT2D eigenvalue weighted by molar-refractivity contribution is -0.154. The lowest BCUT2D eigenvalue weighted by atomic mass is 10.1. The number of aliphatic carboxylic acids is 2. The van der Waals surface area contributed by atoms with Crippen molar-refractivity contribution in [3.63, 3.8) is 0 Å². The number of nitrogens with zero attached hydrogens (tertiary/aromatic N) is 4. The molecule has 1 saturated heterocycles. The normalized spacial score (nSPS) is 13.2. The number of nitrogens with one attached hydrogen (secondary N) is 4. The van der Waals surface area contributed by atoms with Gasteiger partial charge in [0.05, 0.1) is 84.1 Å². The molecule has 75 heavy (non-hydrogen) atoms. The van der Waals surface area contributed by atoms with Gasteiger partial charge < -0.3 is 64.8 Å². The van der Waals surface area contributed by atoms with E-state index in [1.807, 2.05) is 7.05 Å². The third-order valence-electron chi connectivity index (χ3n) is 10.1. The Hall–Kier alpha value is -7.66. The van der Waals surface area contributed by atoms with Crippen molar-refractivity contribution >= 4 is 72.4 Å². The van der Waals surface area contributed by atoms with Gasteiger partial charge in [-0.3, -0.25) is 42.9 Å². The number of ether oxygens (including phenoxy) is 6. The first-order chi connectivity index (χ1) is 36.0. The number of carbonyl (C=O) groups excluding carboxylic acids is 5. The summed E-state index contributed by atoms with van der Waals surface area (Å²) >= 11 is 0. The molecule has 0 bridgehead atoms. The van der Waals surface area contributed by atoms with Crippen LogP contribution < -0.4 is 36.7 Å². The molecular weight excluding hydrogens is 1020 g/mol.